The largest absolute Gasteiger partial charge is 0.411 e. The molecule has 19 heavy (non-hydrogen) atoms. The van der Waals surface area contributed by atoms with Gasteiger partial charge in [-0.3, -0.25) is 20.4 Å². The Balaban J connectivity index is 2.24. The number of hydrogen-bond donors (Lipinski definition) is 2. The molecule has 1 aliphatic heterocycles. The number of rotatable bonds is 4. The van der Waals surface area contributed by atoms with Crippen molar-refractivity contribution in [2.75, 3.05) is 13.2 Å². The topological polar surface area (TPSA) is 76.7 Å². The highest BCUT2D eigenvalue weighted by Gasteiger charge is 2.30. The minimum atomic E-state index is -4.50. The van der Waals surface area contributed by atoms with Crippen LogP contribution in [0.5, 0.6) is 0 Å². The fourth-order valence-electron chi connectivity index (χ4n) is 1.38. The van der Waals surface area contributed by atoms with Gasteiger partial charge >= 0.3 is 6.18 Å². The maximum atomic E-state index is 11.9. The first-order chi connectivity index (χ1) is 8.79. The smallest absolute Gasteiger partial charge is 0.368 e. The van der Waals surface area contributed by atoms with E-state index in [0.29, 0.717) is 13.0 Å². The van der Waals surface area contributed by atoms with Crippen molar-refractivity contribution < 1.29 is 32.2 Å². The predicted molar refractivity (Wildman–Crippen MR) is 56.7 cm³/mol. The van der Waals surface area contributed by atoms with Crippen LogP contribution < -0.4 is 10.9 Å². The number of alkyl halides is 3. The number of nitrogens with one attached hydrogen (secondary N) is 2. The maximum Gasteiger partial charge on any atom is 0.411 e. The summed E-state index contributed by atoms with van der Waals surface area (Å²) in [5, 5.41) is 0. The van der Waals surface area contributed by atoms with Crippen LogP contribution in [0.25, 0.3) is 0 Å². The molecule has 2 atom stereocenters. The summed E-state index contributed by atoms with van der Waals surface area (Å²) in [7, 11) is 0. The highest BCUT2D eigenvalue weighted by Crippen LogP contribution is 2.15. The number of carbonyl (C=O) groups is 2. The number of hydrazine groups is 1. The minimum absolute atomic E-state index is 0.469. The van der Waals surface area contributed by atoms with Crippen LogP contribution in [-0.4, -0.2) is 43.4 Å². The molecule has 0 aliphatic carbocycles. The van der Waals surface area contributed by atoms with E-state index in [2.05, 4.69) is 10.2 Å². The fraction of sp³-hybridized carbons (Fsp3) is 0.800. The Morgan fingerprint density at radius 2 is 2.11 bits per heavy atom. The van der Waals surface area contributed by atoms with E-state index in [1.54, 1.807) is 0 Å². The molecule has 6 nitrogen and oxygen atoms in total. The highest BCUT2D eigenvalue weighted by molar-refractivity contribution is 5.86. The van der Waals surface area contributed by atoms with Crippen molar-refractivity contribution in [2.45, 2.75) is 38.1 Å². The van der Waals surface area contributed by atoms with Gasteiger partial charge in [0.05, 0.1) is 0 Å². The predicted octanol–water partition coefficient (Wildman–Crippen LogP) is 0.280. The third-order valence-electron chi connectivity index (χ3n) is 2.40. The van der Waals surface area contributed by atoms with Gasteiger partial charge in [0, 0.05) is 6.61 Å². The van der Waals surface area contributed by atoms with Crippen LogP contribution in [-0.2, 0) is 19.1 Å². The summed E-state index contributed by atoms with van der Waals surface area (Å²) in [6.07, 6.45) is -5.17. The number of carbonyl (C=O) groups excluding carboxylic acids is 2. The molecule has 110 valence electrons. The van der Waals surface area contributed by atoms with Gasteiger partial charge in [-0.2, -0.15) is 13.2 Å². The van der Waals surface area contributed by atoms with Crippen LogP contribution in [0.4, 0.5) is 13.2 Å². The molecule has 1 aliphatic rings. The first kappa shape index (κ1) is 15.7. The van der Waals surface area contributed by atoms with E-state index in [-0.39, 0.29) is 0 Å². The van der Waals surface area contributed by atoms with Crippen LogP contribution in [0.1, 0.15) is 19.8 Å². The van der Waals surface area contributed by atoms with Gasteiger partial charge in [0.2, 0.25) is 0 Å². The Kier molecular flexibility index (Phi) is 5.55. The van der Waals surface area contributed by atoms with Crippen molar-refractivity contribution in [3.05, 3.63) is 0 Å². The van der Waals surface area contributed by atoms with Gasteiger partial charge < -0.3 is 9.47 Å². The molecule has 2 N–H and O–H groups in total. The van der Waals surface area contributed by atoms with Crippen molar-refractivity contribution in [1.82, 2.24) is 10.9 Å². The van der Waals surface area contributed by atoms with E-state index < -0.39 is 36.8 Å². The molecule has 0 aromatic rings. The molecule has 0 saturated carbocycles. The summed E-state index contributed by atoms with van der Waals surface area (Å²) in [5.41, 5.74) is 4.06. The average Bonchev–Trinajstić information content (AvgIpc) is 2.85. The van der Waals surface area contributed by atoms with E-state index in [1.165, 1.54) is 0 Å². The lowest BCUT2D eigenvalue weighted by molar-refractivity contribution is -0.186. The number of hydrogen-bond acceptors (Lipinski definition) is 4. The second-order valence-corrected chi connectivity index (χ2v) is 4.05. The van der Waals surface area contributed by atoms with Gasteiger partial charge in [0.1, 0.15) is 18.8 Å². The van der Waals surface area contributed by atoms with Crippen LogP contribution in [0.3, 0.4) is 0 Å². The molecule has 9 heteroatoms. The quantitative estimate of drug-likeness (QED) is 0.727. The van der Waals surface area contributed by atoms with E-state index in [0.717, 1.165) is 13.3 Å². The van der Waals surface area contributed by atoms with E-state index in [4.69, 9.17) is 4.74 Å². The zero-order chi connectivity index (χ0) is 14.5. The van der Waals surface area contributed by atoms with E-state index in [1.807, 2.05) is 5.43 Å². The maximum absolute atomic E-state index is 11.9. The van der Waals surface area contributed by atoms with Crippen molar-refractivity contribution in [1.29, 1.82) is 0 Å². The normalized spacial score (nSPS) is 20.9. The van der Waals surface area contributed by atoms with E-state index >= 15 is 0 Å². The van der Waals surface area contributed by atoms with Gasteiger partial charge in [-0.1, -0.05) is 0 Å². The summed E-state index contributed by atoms with van der Waals surface area (Å²) < 4.78 is 44.9. The van der Waals surface area contributed by atoms with Gasteiger partial charge in [0.25, 0.3) is 11.8 Å². The molecule has 1 rings (SSSR count). The molecule has 2 amide bonds. The lowest BCUT2D eigenvalue weighted by Crippen LogP contribution is -2.49. The fourth-order valence-corrected chi connectivity index (χ4v) is 1.38. The summed E-state index contributed by atoms with van der Waals surface area (Å²) in [6.45, 7) is 0.0949. The average molecular weight is 284 g/mol. The molecule has 1 saturated heterocycles. The van der Waals surface area contributed by atoms with Crippen molar-refractivity contribution in [3.63, 3.8) is 0 Å². The van der Waals surface area contributed by atoms with Crippen LogP contribution >= 0.6 is 0 Å². The standard InChI is InChI=1S/C10H15F3N2O4/c1-6(19-5-10(11,12)13)8(16)14-15-9(17)7-3-2-4-18-7/h6-7H,2-5H2,1H3,(H,14,16)(H,15,17). The minimum Gasteiger partial charge on any atom is -0.368 e. The zero-order valence-corrected chi connectivity index (χ0v) is 10.3. The van der Waals surface area contributed by atoms with Crippen molar-refractivity contribution in [2.24, 2.45) is 0 Å². The van der Waals surface area contributed by atoms with Crippen LogP contribution in [0, 0.1) is 0 Å². The molecule has 1 heterocycles. The third-order valence-corrected chi connectivity index (χ3v) is 2.40. The van der Waals surface area contributed by atoms with Crippen LogP contribution in [0.2, 0.25) is 0 Å². The second-order valence-electron chi connectivity index (χ2n) is 4.05. The molecular formula is C10H15F3N2O4. The first-order valence-corrected chi connectivity index (χ1v) is 5.69. The third kappa shape index (κ3) is 5.88. The van der Waals surface area contributed by atoms with Gasteiger partial charge in [0.15, 0.2) is 0 Å². The molecule has 0 radical (unpaired) electrons. The van der Waals surface area contributed by atoms with Gasteiger partial charge in [-0.25, -0.2) is 0 Å². The van der Waals surface area contributed by atoms with Gasteiger partial charge in [-0.05, 0) is 19.8 Å². The Morgan fingerprint density at radius 3 is 2.63 bits per heavy atom. The molecule has 0 aromatic heterocycles. The van der Waals surface area contributed by atoms with Crippen molar-refractivity contribution >= 4 is 11.8 Å². The molecule has 2 unspecified atom stereocenters. The lowest BCUT2D eigenvalue weighted by Gasteiger charge is -2.16. The lowest BCUT2D eigenvalue weighted by atomic mass is 10.2. The molecule has 0 bridgehead atoms. The SMILES string of the molecule is CC(OCC(F)(F)F)C(=O)NNC(=O)C1CCCO1. The summed E-state index contributed by atoms with van der Waals surface area (Å²) in [5.74, 6) is -1.40. The Hall–Kier alpha value is -1.35. The number of halogens is 3. The highest BCUT2D eigenvalue weighted by atomic mass is 19.4. The second kappa shape index (κ2) is 6.71. The summed E-state index contributed by atoms with van der Waals surface area (Å²) >= 11 is 0. The Morgan fingerprint density at radius 1 is 1.42 bits per heavy atom. The zero-order valence-electron chi connectivity index (χ0n) is 10.3. The number of ether oxygens (including phenoxy) is 2. The Labute approximate surface area is 107 Å². The summed E-state index contributed by atoms with van der Waals surface area (Å²) in [4.78, 5) is 22.7. The molecule has 0 spiro atoms. The monoisotopic (exact) mass is 284 g/mol. The van der Waals surface area contributed by atoms with Crippen LogP contribution in [0.15, 0.2) is 0 Å². The van der Waals surface area contributed by atoms with Crippen molar-refractivity contribution in [3.8, 4) is 0 Å². The molecular weight excluding hydrogens is 269 g/mol. The molecule has 1 fully saturated rings. The number of amides is 2. The summed E-state index contributed by atoms with van der Waals surface area (Å²) in [6, 6.07) is 0. The first-order valence-electron chi connectivity index (χ1n) is 5.69. The van der Waals surface area contributed by atoms with Gasteiger partial charge in [-0.15, -0.1) is 0 Å². The van der Waals surface area contributed by atoms with E-state index in [9.17, 15) is 22.8 Å². The Bertz CT molecular complexity index is 329. The molecule has 0 aromatic carbocycles.